The number of hydrogen-bond acceptors (Lipinski definition) is 6. The van der Waals surface area contributed by atoms with E-state index in [0.29, 0.717) is 25.9 Å². The molecule has 0 aliphatic carbocycles. The Bertz CT molecular complexity index is 782. The molecule has 0 amide bonds. The van der Waals surface area contributed by atoms with E-state index in [1.807, 2.05) is 42.7 Å². The number of rotatable bonds is 8. The number of pyridine rings is 1. The van der Waals surface area contributed by atoms with Gasteiger partial charge in [0.25, 0.3) is 0 Å². The second-order valence-corrected chi connectivity index (χ2v) is 7.53. The van der Waals surface area contributed by atoms with Crippen molar-refractivity contribution in [2.45, 2.75) is 38.5 Å². The molecule has 2 atom stereocenters. The van der Waals surface area contributed by atoms with Gasteiger partial charge in [0.1, 0.15) is 6.61 Å². The third-order valence-electron chi connectivity index (χ3n) is 5.25. The molecule has 0 radical (unpaired) electrons. The third kappa shape index (κ3) is 6.97. The molecule has 2 aromatic rings. The molecule has 3 rings (SSSR count). The van der Waals surface area contributed by atoms with Crippen molar-refractivity contribution in [2.24, 2.45) is 5.16 Å². The Kier molecular flexibility index (Phi) is 8.87. The zero-order chi connectivity index (χ0) is 21.0. The molecule has 6 nitrogen and oxygen atoms in total. The van der Waals surface area contributed by atoms with Crippen LogP contribution >= 0.6 is 0 Å². The van der Waals surface area contributed by atoms with Crippen molar-refractivity contribution < 1.29 is 9.57 Å². The van der Waals surface area contributed by atoms with Crippen LogP contribution in [0, 0.1) is 0 Å². The summed E-state index contributed by atoms with van der Waals surface area (Å²) < 4.78 is 5.90. The van der Waals surface area contributed by atoms with Gasteiger partial charge < -0.3 is 19.8 Å². The standard InChI is InChI=1S/C24H32N4O2/c1-3-28(13-15-29-19-21-8-5-4-6-9-21)23-16-24(22-10-7-12-25-17-22)27-30-14-11-20(2)26-18-23/h3-10,12,17,20,23,26H,1,11,13-16,18-19H2,2H3/b27-24+. The molecule has 1 aromatic carbocycles. The van der Waals surface area contributed by atoms with Gasteiger partial charge in [0, 0.05) is 49.6 Å². The van der Waals surface area contributed by atoms with Crippen LogP contribution in [0.2, 0.25) is 0 Å². The average Bonchev–Trinajstić information content (AvgIpc) is 2.80. The quantitative estimate of drug-likeness (QED) is 0.677. The lowest BCUT2D eigenvalue weighted by Gasteiger charge is -2.32. The van der Waals surface area contributed by atoms with Crippen molar-refractivity contribution in [2.75, 3.05) is 26.3 Å². The zero-order valence-corrected chi connectivity index (χ0v) is 17.7. The van der Waals surface area contributed by atoms with Crippen LogP contribution < -0.4 is 5.32 Å². The highest BCUT2D eigenvalue weighted by Gasteiger charge is 2.21. The number of oxime groups is 1. The molecule has 1 aromatic heterocycles. The van der Waals surface area contributed by atoms with Crippen molar-refractivity contribution >= 4 is 5.71 Å². The molecule has 6 heteroatoms. The van der Waals surface area contributed by atoms with Crippen molar-refractivity contribution in [1.82, 2.24) is 15.2 Å². The van der Waals surface area contributed by atoms with Gasteiger partial charge in [0.05, 0.1) is 18.9 Å². The minimum Gasteiger partial charge on any atom is -0.396 e. The molecular formula is C24H32N4O2. The third-order valence-corrected chi connectivity index (χ3v) is 5.25. The summed E-state index contributed by atoms with van der Waals surface area (Å²) in [7, 11) is 0. The molecule has 30 heavy (non-hydrogen) atoms. The molecule has 1 aliphatic rings. The monoisotopic (exact) mass is 408 g/mol. The van der Waals surface area contributed by atoms with Crippen LogP contribution in [0.4, 0.5) is 0 Å². The Morgan fingerprint density at radius 1 is 1.27 bits per heavy atom. The summed E-state index contributed by atoms with van der Waals surface area (Å²) >= 11 is 0. The van der Waals surface area contributed by atoms with Gasteiger partial charge >= 0.3 is 0 Å². The van der Waals surface area contributed by atoms with Crippen LogP contribution in [0.5, 0.6) is 0 Å². The van der Waals surface area contributed by atoms with E-state index in [4.69, 9.17) is 9.57 Å². The van der Waals surface area contributed by atoms with Crippen LogP contribution in [-0.2, 0) is 16.2 Å². The zero-order valence-electron chi connectivity index (χ0n) is 17.7. The van der Waals surface area contributed by atoms with Crippen molar-refractivity contribution in [3.8, 4) is 0 Å². The number of nitrogens with zero attached hydrogens (tertiary/aromatic N) is 3. The minimum absolute atomic E-state index is 0.186. The van der Waals surface area contributed by atoms with Crippen molar-refractivity contribution in [3.05, 3.63) is 78.8 Å². The smallest absolute Gasteiger partial charge is 0.118 e. The van der Waals surface area contributed by atoms with Crippen LogP contribution in [0.1, 0.15) is 30.9 Å². The van der Waals surface area contributed by atoms with Crippen LogP contribution in [-0.4, -0.2) is 54.0 Å². The molecule has 160 valence electrons. The molecule has 0 saturated heterocycles. The van der Waals surface area contributed by atoms with E-state index >= 15 is 0 Å². The van der Waals surface area contributed by atoms with E-state index in [9.17, 15) is 0 Å². The Morgan fingerprint density at radius 2 is 2.13 bits per heavy atom. The topological polar surface area (TPSA) is 59.0 Å². The number of benzene rings is 1. The summed E-state index contributed by atoms with van der Waals surface area (Å²) in [5, 5.41) is 8.07. The molecule has 1 N–H and O–H groups in total. The van der Waals surface area contributed by atoms with Crippen LogP contribution in [0.15, 0.2) is 72.8 Å². The highest BCUT2D eigenvalue weighted by atomic mass is 16.6. The second-order valence-electron chi connectivity index (χ2n) is 7.53. The first kappa shape index (κ1) is 22.0. The second kappa shape index (κ2) is 12.1. The summed E-state index contributed by atoms with van der Waals surface area (Å²) in [6.07, 6.45) is 7.14. The number of nitrogens with one attached hydrogen (secondary N) is 1. The summed E-state index contributed by atoms with van der Waals surface area (Å²) in [5.41, 5.74) is 3.07. The fourth-order valence-electron chi connectivity index (χ4n) is 3.42. The Labute approximate surface area is 179 Å². The van der Waals surface area contributed by atoms with E-state index in [1.165, 1.54) is 5.56 Å². The fourth-order valence-corrected chi connectivity index (χ4v) is 3.42. The highest BCUT2D eigenvalue weighted by molar-refractivity contribution is 6.00. The SMILES string of the molecule is C=CN(CCOCc1ccccc1)C1CNC(C)CCO/N=C(/c2cccnc2)C1. The molecule has 0 spiro atoms. The number of hydrogen-bond donors (Lipinski definition) is 1. The largest absolute Gasteiger partial charge is 0.396 e. The first-order valence-electron chi connectivity index (χ1n) is 10.6. The van der Waals surface area contributed by atoms with E-state index in [0.717, 1.165) is 37.2 Å². The summed E-state index contributed by atoms with van der Waals surface area (Å²) in [4.78, 5) is 12.1. The molecule has 0 fully saturated rings. The predicted octanol–water partition coefficient (Wildman–Crippen LogP) is 3.61. The van der Waals surface area contributed by atoms with E-state index in [2.05, 4.69) is 46.0 Å². The van der Waals surface area contributed by atoms with Gasteiger partial charge in [-0.25, -0.2) is 0 Å². The van der Waals surface area contributed by atoms with Crippen molar-refractivity contribution in [1.29, 1.82) is 0 Å². The lowest BCUT2D eigenvalue weighted by Crippen LogP contribution is -2.45. The Morgan fingerprint density at radius 3 is 2.90 bits per heavy atom. The maximum absolute atomic E-state index is 5.90. The molecular weight excluding hydrogens is 376 g/mol. The Hall–Kier alpha value is -2.70. The predicted molar refractivity (Wildman–Crippen MR) is 120 cm³/mol. The van der Waals surface area contributed by atoms with Gasteiger partial charge in [-0.3, -0.25) is 4.98 Å². The van der Waals surface area contributed by atoms with Crippen molar-refractivity contribution in [3.63, 3.8) is 0 Å². The van der Waals surface area contributed by atoms with Gasteiger partial charge in [-0.1, -0.05) is 42.1 Å². The van der Waals surface area contributed by atoms with E-state index in [1.54, 1.807) is 6.20 Å². The van der Waals surface area contributed by atoms with E-state index < -0.39 is 0 Å². The number of ether oxygens (including phenoxy) is 1. The summed E-state index contributed by atoms with van der Waals surface area (Å²) in [6.45, 7) is 9.66. The normalized spacial score (nSPS) is 21.7. The van der Waals surface area contributed by atoms with Gasteiger partial charge in [0.2, 0.25) is 0 Å². The minimum atomic E-state index is 0.186. The first-order chi connectivity index (χ1) is 14.8. The average molecular weight is 409 g/mol. The van der Waals surface area contributed by atoms with Crippen LogP contribution in [0.25, 0.3) is 0 Å². The molecule has 2 heterocycles. The maximum atomic E-state index is 5.90. The lowest BCUT2D eigenvalue weighted by molar-refractivity contribution is 0.0925. The maximum Gasteiger partial charge on any atom is 0.118 e. The van der Waals surface area contributed by atoms with Gasteiger partial charge in [-0.2, -0.15) is 0 Å². The highest BCUT2D eigenvalue weighted by Crippen LogP contribution is 2.14. The summed E-state index contributed by atoms with van der Waals surface area (Å²) in [5.74, 6) is 0. The molecule has 2 unspecified atom stereocenters. The molecule has 0 bridgehead atoms. The van der Waals surface area contributed by atoms with E-state index in [-0.39, 0.29) is 6.04 Å². The lowest BCUT2D eigenvalue weighted by atomic mass is 10.0. The number of aromatic nitrogens is 1. The van der Waals surface area contributed by atoms with Crippen LogP contribution in [0.3, 0.4) is 0 Å². The first-order valence-corrected chi connectivity index (χ1v) is 10.6. The van der Waals surface area contributed by atoms with Gasteiger partial charge in [-0.05, 0) is 37.2 Å². The fraction of sp³-hybridized carbons (Fsp3) is 0.417. The Balaban J connectivity index is 1.64. The molecule has 1 aliphatic heterocycles. The summed E-state index contributed by atoms with van der Waals surface area (Å²) in [6, 6.07) is 14.7. The van der Waals surface area contributed by atoms with Gasteiger partial charge in [-0.15, -0.1) is 0 Å². The molecule has 0 saturated carbocycles. The van der Waals surface area contributed by atoms with Gasteiger partial charge in [0.15, 0.2) is 0 Å².